The van der Waals surface area contributed by atoms with Gasteiger partial charge in [-0.1, -0.05) is 39.0 Å². The Morgan fingerprint density at radius 1 is 1.28 bits per heavy atom. The minimum absolute atomic E-state index is 0.0993. The Morgan fingerprint density at radius 3 is 2.78 bits per heavy atom. The summed E-state index contributed by atoms with van der Waals surface area (Å²) in [6.07, 6.45) is 4.38. The fourth-order valence-corrected chi connectivity index (χ4v) is 2.94. The lowest BCUT2D eigenvalue weighted by Crippen LogP contribution is -2.35. The number of ketones is 1. The molecular weight excluding hydrogens is 222 g/mol. The standard InChI is InChI=1S/C16H17NO/c1-10(2)16(3)7-14(18)12-6-4-5-11-8-17-9-13(16)15(11)12/h4-6,8-10H,7H2,1-3H3. The van der Waals surface area contributed by atoms with E-state index in [-0.39, 0.29) is 11.2 Å². The van der Waals surface area contributed by atoms with Gasteiger partial charge in [-0.15, -0.1) is 0 Å². The Bertz CT molecular complexity index is 639. The Kier molecular flexibility index (Phi) is 2.31. The van der Waals surface area contributed by atoms with Crippen molar-refractivity contribution in [1.29, 1.82) is 0 Å². The molecule has 0 amide bonds. The minimum Gasteiger partial charge on any atom is -0.294 e. The van der Waals surface area contributed by atoms with Crippen LogP contribution in [0.4, 0.5) is 0 Å². The summed E-state index contributed by atoms with van der Waals surface area (Å²) < 4.78 is 0. The lowest BCUT2D eigenvalue weighted by atomic mass is 9.65. The molecule has 3 rings (SSSR count). The molecule has 0 fully saturated rings. The summed E-state index contributed by atoms with van der Waals surface area (Å²) in [5.74, 6) is 0.678. The van der Waals surface area contributed by atoms with Crippen molar-refractivity contribution in [3.8, 4) is 0 Å². The minimum atomic E-state index is -0.0993. The Labute approximate surface area is 107 Å². The SMILES string of the molecule is CC(C)C1(C)CC(=O)c2cccc3cncc1c23. The largest absolute Gasteiger partial charge is 0.294 e. The van der Waals surface area contributed by atoms with Gasteiger partial charge in [0.15, 0.2) is 5.78 Å². The third kappa shape index (κ3) is 1.35. The first-order valence-electron chi connectivity index (χ1n) is 6.44. The van der Waals surface area contributed by atoms with E-state index in [1.54, 1.807) is 0 Å². The summed E-state index contributed by atoms with van der Waals surface area (Å²) in [6, 6.07) is 5.92. The van der Waals surface area contributed by atoms with Crippen LogP contribution in [0.5, 0.6) is 0 Å². The molecule has 1 aliphatic carbocycles. The number of Topliss-reactive ketones (excluding diaryl/α,β-unsaturated/α-hetero) is 1. The summed E-state index contributed by atoms with van der Waals surface area (Å²) in [7, 11) is 0. The van der Waals surface area contributed by atoms with Crippen LogP contribution in [-0.2, 0) is 5.41 Å². The Morgan fingerprint density at radius 2 is 2.06 bits per heavy atom. The molecule has 1 aromatic heterocycles. The molecule has 1 heterocycles. The molecule has 18 heavy (non-hydrogen) atoms. The quantitative estimate of drug-likeness (QED) is 0.759. The van der Waals surface area contributed by atoms with Crippen molar-refractivity contribution in [3.05, 3.63) is 41.7 Å². The fraction of sp³-hybridized carbons (Fsp3) is 0.375. The molecule has 0 spiro atoms. The van der Waals surface area contributed by atoms with Gasteiger partial charge in [0.25, 0.3) is 0 Å². The third-order valence-electron chi connectivity index (χ3n) is 4.50. The van der Waals surface area contributed by atoms with Crippen molar-refractivity contribution in [2.75, 3.05) is 0 Å². The molecule has 92 valence electrons. The van der Waals surface area contributed by atoms with Crippen molar-refractivity contribution in [2.45, 2.75) is 32.6 Å². The molecule has 1 aromatic carbocycles. The van der Waals surface area contributed by atoms with Gasteiger partial charge in [-0.25, -0.2) is 0 Å². The van der Waals surface area contributed by atoms with Crippen LogP contribution in [0.15, 0.2) is 30.6 Å². The highest BCUT2D eigenvalue weighted by Crippen LogP contribution is 2.44. The van der Waals surface area contributed by atoms with Crippen LogP contribution in [0.25, 0.3) is 10.8 Å². The molecule has 1 aliphatic rings. The maximum absolute atomic E-state index is 12.4. The van der Waals surface area contributed by atoms with Gasteiger partial charge in [0.05, 0.1) is 0 Å². The van der Waals surface area contributed by atoms with Gasteiger partial charge in [0.1, 0.15) is 0 Å². The second-order valence-electron chi connectivity index (χ2n) is 5.76. The van der Waals surface area contributed by atoms with E-state index in [0.717, 1.165) is 16.3 Å². The maximum atomic E-state index is 12.4. The highest BCUT2D eigenvalue weighted by molar-refractivity contribution is 6.12. The number of carbonyl (C=O) groups excluding carboxylic acids is 1. The number of carbonyl (C=O) groups is 1. The average molecular weight is 239 g/mol. The van der Waals surface area contributed by atoms with E-state index in [2.05, 4.69) is 25.8 Å². The lowest BCUT2D eigenvalue weighted by molar-refractivity contribution is 0.0931. The van der Waals surface area contributed by atoms with E-state index in [9.17, 15) is 4.79 Å². The van der Waals surface area contributed by atoms with Crippen LogP contribution in [0, 0.1) is 5.92 Å². The summed E-state index contributed by atoms with van der Waals surface area (Å²) in [6.45, 7) is 6.54. The molecule has 0 saturated heterocycles. The van der Waals surface area contributed by atoms with Crippen LogP contribution < -0.4 is 0 Å². The highest BCUT2D eigenvalue weighted by atomic mass is 16.1. The van der Waals surface area contributed by atoms with Gasteiger partial charge in [-0.05, 0) is 16.9 Å². The zero-order valence-corrected chi connectivity index (χ0v) is 11.0. The molecule has 1 unspecified atom stereocenters. The molecule has 0 aliphatic heterocycles. The Hall–Kier alpha value is -1.70. The predicted octanol–water partition coefficient (Wildman–Crippen LogP) is 3.73. The Balaban J connectivity index is 2.44. The molecule has 0 saturated carbocycles. The summed E-state index contributed by atoms with van der Waals surface area (Å²) in [5, 5.41) is 2.19. The first kappa shape index (κ1) is 11.4. The van der Waals surface area contributed by atoms with Crippen LogP contribution in [0.1, 0.15) is 43.1 Å². The molecule has 0 N–H and O–H groups in total. The molecular formula is C16H17NO. The zero-order chi connectivity index (χ0) is 12.9. The molecule has 2 nitrogen and oxygen atoms in total. The maximum Gasteiger partial charge on any atom is 0.164 e. The third-order valence-corrected chi connectivity index (χ3v) is 4.50. The van der Waals surface area contributed by atoms with Gasteiger partial charge in [0.2, 0.25) is 0 Å². The van der Waals surface area contributed by atoms with Gasteiger partial charge < -0.3 is 0 Å². The number of pyridine rings is 1. The second-order valence-corrected chi connectivity index (χ2v) is 5.76. The van der Waals surface area contributed by atoms with E-state index < -0.39 is 0 Å². The monoisotopic (exact) mass is 239 g/mol. The zero-order valence-electron chi connectivity index (χ0n) is 11.0. The number of benzene rings is 1. The lowest BCUT2D eigenvalue weighted by Gasteiger charge is -2.38. The van der Waals surface area contributed by atoms with Gasteiger partial charge in [-0.2, -0.15) is 0 Å². The second kappa shape index (κ2) is 3.64. The molecule has 0 radical (unpaired) electrons. The summed E-state index contributed by atoms with van der Waals surface area (Å²) >= 11 is 0. The van der Waals surface area contributed by atoms with Crippen molar-refractivity contribution in [1.82, 2.24) is 4.98 Å². The highest BCUT2D eigenvalue weighted by Gasteiger charge is 2.39. The predicted molar refractivity (Wildman–Crippen MR) is 72.9 cm³/mol. The molecule has 0 bridgehead atoms. The van der Waals surface area contributed by atoms with Crippen molar-refractivity contribution < 1.29 is 4.79 Å². The first-order chi connectivity index (χ1) is 8.54. The van der Waals surface area contributed by atoms with Crippen LogP contribution >= 0.6 is 0 Å². The smallest absolute Gasteiger partial charge is 0.164 e. The van der Waals surface area contributed by atoms with Crippen molar-refractivity contribution in [3.63, 3.8) is 0 Å². The van der Waals surface area contributed by atoms with E-state index >= 15 is 0 Å². The normalized spacial score (nSPS) is 22.8. The molecule has 2 heteroatoms. The van der Waals surface area contributed by atoms with Crippen LogP contribution in [0.3, 0.4) is 0 Å². The van der Waals surface area contributed by atoms with E-state index in [1.807, 2.05) is 30.6 Å². The molecule has 1 atom stereocenters. The van der Waals surface area contributed by atoms with Gasteiger partial charge >= 0.3 is 0 Å². The number of rotatable bonds is 1. The first-order valence-corrected chi connectivity index (χ1v) is 6.44. The van der Waals surface area contributed by atoms with Crippen LogP contribution in [-0.4, -0.2) is 10.8 Å². The fourth-order valence-electron chi connectivity index (χ4n) is 2.94. The van der Waals surface area contributed by atoms with E-state index in [0.29, 0.717) is 12.3 Å². The van der Waals surface area contributed by atoms with E-state index in [1.165, 1.54) is 5.56 Å². The average Bonchev–Trinajstić information content (AvgIpc) is 2.35. The van der Waals surface area contributed by atoms with Crippen LogP contribution in [0.2, 0.25) is 0 Å². The van der Waals surface area contributed by atoms with Gasteiger partial charge in [-0.3, -0.25) is 9.78 Å². The number of nitrogens with zero attached hydrogens (tertiary/aromatic N) is 1. The van der Waals surface area contributed by atoms with Crippen molar-refractivity contribution >= 4 is 16.6 Å². The van der Waals surface area contributed by atoms with Gasteiger partial charge in [0, 0.05) is 35.2 Å². The number of aromatic nitrogens is 1. The topological polar surface area (TPSA) is 30.0 Å². The van der Waals surface area contributed by atoms with E-state index in [4.69, 9.17) is 0 Å². The summed E-state index contributed by atoms with van der Waals surface area (Å²) in [5.41, 5.74) is 1.99. The number of hydrogen-bond acceptors (Lipinski definition) is 2. The number of hydrogen-bond donors (Lipinski definition) is 0. The summed E-state index contributed by atoms with van der Waals surface area (Å²) in [4.78, 5) is 16.7. The molecule has 2 aromatic rings. The van der Waals surface area contributed by atoms with Crippen molar-refractivity contribution in [2.24, 2.45) is 5.92 Å².